The van der Waals surface area contributed by atoms with Gasteiger partial charge < -0.3 is 15.2 Å². The van der Waals surface area contributed by atoms with Gasteiger partial charge in [0.25, 0.3) is 5.91 Å². The van der Waals surface area contributed by atoms with Crippen LogP contribution in [0.15, 0.2) is 41.4 Å². The Morgan fingerprint density at radius 1 is 1.26 bits per heavy atom. The van der Waals surface area contributed by atoms with Crippen LogP contribution >= 0.6 is 0 Å². The predicted molar refractivity (Wildman–Crippen MR) is 126 cm³/mol. The first-order chi connectivity index (χ1) is 16.1. The van der Waals surface area contributed by atoms with E-state index in [0.717, 1.165) is 12.8 Å². The SMILES string of the molecule is [C-]#[N+]c1cccc(-c2ccc3c(c2)C2(CC(C4CCOC(C)(C)C4)O3)N=C(N)N(C)C2=O)c1F. The van der Waals surface area contributed by atoms with E-state index in [-0.39, 0.29) is 40.7 Å². The van der Waals surface area contributed by atoms with Crippen LogP contribution in [0, 0.1) is 18.3 Å². The quantitative estimate of drug-likeness (QED) is 0.672. The van der Waals surface area contributed by atoms with E-state index in [2.05, 4.69) is 23.7 Å². The molecule has 8 heteroatoms. The number of aliphatic imine (C=N–C) groups is 1. The van der Waals surface area contributed by atoms with Crippen molar-refractivity contribution in [3.8, 4) is 16.9 Å². The zero-order valence-electron chi connectivity index (χ0n) is 19.5. The Hall–Kier alpha value is -3.44. The maximum absolute atomic E-state index is 15.0. The summed E-state index contributed by atoms with van der Waals surface area (Å²) in [6, 6.07) is 9.98. The van der Waals surface area contributed by atoms with E-state index in [1.165, 1.54) is 11.0 Å². The molecule has 2 aromatic rings. The first kappa shape index (κ1) is 22.4. The minimum Gasteiger partial charge on any atom is -0.490 e. The largest absolute Gasteiger partial charge is 0.490 e. The Balaban J connectivity index is 1.62. The van der Waals surface area contributed by atoms with Crippen molar-refractivity contribution in [2.75, 3.05) is 13.7 Å². The number of likely N-dealkylation sites (N-methyl/N-ethyl adjacent to an activating group) is 1. The Bertz CT molecular complexity index is 1250. The Morgan fingerprint density at radius 3 is 2.74 bits per heavy atom. The molecule has 5 rings (SSSR count). The zero-order valence-corrected chi connectivity index (χ0v) is 19.5. The van der Waals surface area contributed by atoms with Crippen LogP contribution in [0.2, 0.25) is 0 Å². The molecule has 7 nitrogen and oxygen atoms in total. The molecule has 1 spiro atoms. The minimum absolute atomic E-state index is 0.0534. The van der Waals surface area contributed by atoms with Crippen molar-refractivity contribution in [2.45, 2.75) is 50.4 Å². The van der Waals surface area contributed by atoms with Crippen LogP contribution in [0.1, 0.15) is 38.7 Å². The number of guanidine groups is 1. The van der Waals surface area contributed by atoms with Gasteiger partial charge in [-0.1, -0.05) is 24.3 Å². The summed E-state index contributed by atoms with van der Waals surface area (Å²) in [5.41, 5.74) is 5.96. The van der Waals surface area contributed by atoms with E-state index in [4.69, 9.17) is 21.8 Å². The highest BCUT2D eigenvalue weighted by Gasteiger charge is 2.55. The predicted octanol–water partition coefficient (Wildman–Crippen LogP) is 4.38. The summed E-state index contributed by atoms with van der Waals surface area (Å²) in [7, 11) is 1.61. The molecule has 0 bridgehead atoms. The van der Waals surface area contributed by atoms with Crippen molar-refractivity contribution in [3.63, 3.8) is 0 Å². The van der Waals surface area contributed by atoms with Crippen molar-refractivity contribution in [2.24, 2.45) is 16.6 Å². The first-order valence-corrected chi connectivity index (χ1v) is 11.4. The van der Waals surface area contributed by atoms with Crippen LogP contribution in [0.4, 0.5) is 10.1 Å². The van der Waals surface area contributed by atoms with Crippen molar-refractivity contribution in [1.82, 2.24) is 4.90 Å². The third-order valence-electron chi connectivity index (χ3n) is 7.18. The number of ether oxygens (including phenoxy) is 2. The molecular weight excluding hydrogens is 435 g/mol. The van der Waals surface area contributed by atoms with Gasteiger partial charge in [0.1, 0.15) is 17.7 Å². The molecule has 34 heavy (non-hydrogen) atoms. The average Bonchev–Trinajstić information content (AvgIpc) is 3.02. The summed E-state index contributed by atoms with van der Waals surface area (Å²) in [6.07, 6.45) is 1.74. The number of carbonyl (C=O) groups excluding carboxylic acids is 1. The van der Waals surface area contributed by atoms with Gasteiger partial charge in [-0.15, -0.1) is 0 Å². The number of hydrogen-bond donors (Lipinski definition) is 1. The highest BCUT2D eigenvalue weighted by molar-refractivity contribution is 6.07. The van der Waals surface area contributed by atoms with E-state index in [1.807, 2.05) is 0 Å². The third kappa shape index (κ3) is 3.43. The molecule has 2 N–H and O–H groups in total. The first-order valence-electron chi connectivity index (χ1n) is 11.4. The zero-order chi connectivity index (χ0) is 24.3. The monoisotopic (exact) mass is 462 g/mol. The molecule has 3 aliphatic heterocycles. The number of rotatable bonds is 2. The standard InChI is InChI=1S/C26H27FN4O3/c1-25(2)13-16(10-11-33-25)21-14-26(23(32)31(4)24(28)30-26)18-12-15(8-9-20(18)34-21)17-6-5-7-19(29-3)22(17)27/h5-9,12,16,21H,10-11,13-14H2,1-2,4H3,(H2,28,30). The van der Waals surface area contributed by atoms with Crippen LogP contribution in [-0.4, -0.2) is 42.1 Å². The fourth-order valence-corrected chi connectivity index (χ4v) is 5.43. The summed E-state index contributed by atoms with van der Waals surface area (Å²) < 4.78 is 27.3. The molecule has 3 unspecified atom stereocenters. The maximum atomic E-state index is 15.0. The molecule has 2 aromatic carbocycles. The van der Waals surface area contributed by atoms with Crippen molar-refractivity contribution in [1.29, 1.82) is 0 Å². The van der Waals surface area contributed by atoms with Gasteiger partial charge in [-0.25, -0.2) is 14.2 Å². The second-order valence-electron chi connectivity index (χ2n) is 9.88. The lowest BCUT2D eigenvalue weighted by Gasteiger charge is -2.44. The normalized spacial score (nSPS) is 27.7. The molecular formula is C26H27FN4O3. The van der Waals surface area contributed by atoms with Gasteiger partial charge in [-0.3, -0.25) is 9.69 Å². The van der Waals surface area contributed by atoms with Crippen LogP contribution in [-0.2, 0) is 15.1 Å². The number of hydrogen-bond acceptors (Lipinski definition) is 5. The molecule has 1 fully saturated rings. The van der Waals surface area contributed by atoms with Gasteiger partial charge in [0.05, 0.1) is 12.2 Å². The average molecular weight is 463 g/mol. The molecule has 3 heterocycles. The molecule has 0 radical (unpaired) electrons. The lowest BCUT2D eigenvalue weighted by Crippen LogP contribution is -2.49. The smallest absolute Gasteiger partial charge is 0.261 e. The second-order valence-corrected chi connectivity index (χ2v) is 9.88. The Kier molecular flexibility index (Phi) is 5.14. The number of nitrogens with two attached hydrogens (primary N) is 1. The lowest BCUT2D eigenvalue weighted by molar-refractivity contribution is -0.134. The van der Waals surface area contributed by atoms with E-state index < -0.39 is 11.4 Å². The van der Waals surface area contributed by atoms with E-state index in [0.29, 0.717) is 29.9 Å². The van der Waals surface area contributed by atoms with Gasteiger partial charge >= 0.3 is 0 Å². The fraction of sp³-hybridized carbons (Fsp3) is 0.423. The molecule has 0 aromatic heterocycles. The highest BCUT2D eigenvalue weighted by Crippen LogP contribution is 2.50. The number of halogens is 1. The van der Waals surface area contributed by atoms with Crippen LogP contribution in [0.25, 0.3) is 16.0 Å². The molecule has 0 saturated carbocycles. The van der Waals surface area contributed by atoms with Gasteiger partial charge in [0, 0.05) is 37.1 Å². The summed E-state index contributed by atoms with van der Waals surface area (Å²) in [4.78, 5) is 22.9. The van der Waals surface area contributed by atoms with Gasteiger partial charge in [0.15, 0.2) is 11.5 Å². The molecule has 176 valence electrons. The fourth-order valence-electron chi connectivity index (χ4n) is 5.43. The molecule has 0 aliphatic carbocycles. The summed E-state index contributed by atoms with van der Waals surface area (Å²) in [5, 5.41) is 0. The van der Waals surface area contributed by atoms with Crippen LogP contribution < -0.4 is 10.5 Å². The molecule has 3 aliphatic rings. The third-order valence-corrected chi connectivity index (χ3v) is 7.18. The Labute approximate surface area is 198 Å². The maximum Gasteiger partial charge on any atom is 0.261 e. The van der Waals surface area contributed by atoms with Crippen molar-refractivity contribution in [3.05, 3.63) is 59.2 Å². The number of nitrogens with zero attached hydrogens (tertiary/aromatic N) is 3. The van der Waals surface area contributed by atoms with Gasteiger partial charge in [-0.05, 0) is 44.4 Å². The topological polar surface area (TPSA) is 81.5 Å². The number of carbonyl (C=O) groups is 1. The summed E-state index contributed by atoms with van der Waals surface area (Å²) in [6.45, 7) is 12.0. The van der Waals surface area contributed by atoms with E-state index in [1.54, 1.807) is 37.4 Å². The summed E-state index contributed by atoms with van der Waals surface area (Å²) in [5.74, 6) is 0.0694. The number of benzene rings is 2. The lowest BCUT2D eigenvalue weighted by atomic mass is 9.74. The number of amides is 1. The molecule has 1 amide bonds. The molecule has 1 saturated heterocycles. The van der Waals surface area contributed by atoms with Crippen molar-refractivity contribution >= 4 is 17.6 Å². The second kappa shape index (κ2) is 7.81. The summed E-state index contributed by atoms with van der Waals surface area (Å²) >= 11 is 0. The van der Waals surface area contributed by atoms with E-state index in [9.17, 15) is 9.18 Å². The Morgan fingerprint density at radius 2 is 2.06 bits per heavy atom. The van der Waals surface area contributed by atoms with Gasteiger partial charge in [0.2, 0.25) is 5.69 Å². The van der Waals surface area contributed by atoms with Crippen LogP contribution in [0.3, 0.4) is 0 Å². The van der Waals surface area contributed by atoms with Crippen LogP contribution in [0.5, 0.6) is 5.75 Å². The molecule has 3 atom stereocenters. The minimum atomic E-state index is -1.23. The highest BCUT2D eigenvalue weighted by atomic mass is 19.1. The van der Waals surface area contributed by atoms with E-state index >= 15 is 0 Å². The number of fused-ring (bicyclic) bond motifs is 2. The van der Waals surface area contributed by atoms with Gasteiger partial charge in [-0.2, -0.15) is 0 Å². The van der Waals surface area contributed by atoms with Crippen molar-refractivity contribution < 1.29 is 18.7 Å².